The van der Waals surface area contributed by atoms with E-state index >= 15 is 0 Å². The molecule has 0 aliphatic carbocycles. The molecule has 1 fully saturated rings. The molecule has 0 bridgehead atoms. The lowest BCUT2D eigenvalue weighted by molar-refractivity contribution is -0.147. The summed E-state index contributed by atoms with van der Waals surface area (Å²) in [7, 11) is 0. The second kappa shape index (κ2) is 6.29. The van der Waals surface area contributed by atoms with Gasteiger partial charge in [0, 0.05) is 17.8 Å². The summed E-state index contributed by atoms with van der Waals surface area (Å²) < 4.78 is 0. The van der Waals surface area contributed by atoms with Crippen LogP contribution in [0, 0.1) is 13.8 Å². The van der Waals surface area contributed by atoms with Crippen molar-refractivity contribution in [3.63, 3.8) is 0 Å². The first-order valence-electron chi connectivity index (χ1n) is 7.61. The number of benzene rings is 1. The van der Waals surface area contributed by atoms with Gasteiger partial charge < -0.3 is 10.2 Å². The Hall–Kier alpha value is -1.84. The SMILES string of the molecule is Cc1ccc(C)c(NC(=O)C(=O)N2C(C)CCCC2C)c1. The number of rotatable bonds is 1. The zero-order chi connectivity index (χ0) is 15.6. The van der Waals surface area contributed by atoms with Crippen molar-refractivity contribution in [2.24, 2.45) is 0 Å². The van der Waals surface area contributed by atoms with E-state index in [1.807, 2.05) is 45.9 Å². The van der Waals surface area contributed by atoms with Crippen LogP contribution in [-0.2, 0) is 9.59 Å². The molecule has 1 saturated heterocycles. The van der Waals surface area contributed by atoms with E-state index in [0.717, 1.165) is 30.4 Å². The van der Waals surface area contributed by atoms with Gasteiger partial charge in [-0.05, 0) is 64.2 Å². The summed E-state index contributed by atoms with van der Waals surface area (Å²) in [5, 5.41) is 2.76. The van der Waals surface area contributed by atoms with Crippen LogP contribution in [0.4, 0.5) is 5.69 Å². The molecule has 1 N–H and O–H groups in total. The summed E-state index contributed by atoms with van der Waals surface area (Å²) in [6.07, 6.45) is 3.05. The van der Waals surface area contributed by atoms with Gasteiger partial charge in [0.2, 0.25) is 0 Å². The quantitative estimate of drug-likeness (QED) is 0.808. The molecule has 2 rings (SSSR count). The van der Waals surface area contributed by atoms with Crippen molar-refractivity contribution in [3.8, 4) is 0 Å². The maximum Gasteiger partial charge on any atom is 0.313 e. The molecule has 0 spiro atoms. The average molecular weight is 288 g/mol. The van der Waals surface area contributed by atoms with Gasteiger partial charge in [0.05, 0.1) is 0 Å². The number of likely N-dealkylation sites (tertiary alicyclic amines) is 1. The summed E-state index contributed by atoms with van der Waals surface area (Å²) in [4.78, 5) is 26.4. The fourth-order valence-corrected chi connectivity index (χ4v) is 2.99. The summed E-state index contributed by atoms with van der Waals surface area (Å²) in [5.41, 5.74) is 2.73. The van der Waals surface area contributed by atoms with Crippen molar-refractivity contribution >= 4 is 17.5 Å². The highest BCUT2D eigenvalue weighted by Gasteiger charge is 2.32. The van der Waals surface area contributed by atoms with E-state index in [2.05, 4.69) is 5.32 Å². The third-order valence-electron chi connectivity index (χ3n) is 4.26. The highest BCUT2D eigenvalue weighted by atomic mass is 16.2. The monoisotopic (exact) mass is 288 g/mol. The standard InChI is InChI=1S/C17H24N2O2/c1-11-8-9-12(2)15(10-11)18-16(20)17(21)19-13(3)6-5-7-14(19)4/h8-10,13-14H,5-7H2,1-4H3,(H,18,20). The number of carbonyl (C=O) groups is 2. The zero-order valence-electron chi connectivity index (χ0n) is 13.3. The van der Waals surface area contributed by atoms with Gasteiger partial charge in [-0.3, -0.25) is 9.59 Å². The van der Waals surface area contributed by atoms with Crippen LogP contribution in [-0.4, -0.2) is 28.8 Å². The first-order valence-corrected chi connectivity index (χ1v) is 7.61. The normalized spacial score (nSPS) is 22.0. The van der Waals surface area contributed by atoms with Crippen molar-refractivity contribution in [2.45, 2.75) is 59.0 Å². The summed E-state index contributed by atoms with van der Waals surface area (Å²) in [6, 6.07) is 6.09. The Bertz CT molecular complexity index is 544. The van der Waals surface area contributed by atoms with Crippen molar-refractivity contribution in [2.75, 3.05) is 5.32 Å². The number of amides is 2. The molecule has 2 unspecified atom stereocenters. The van der Waals surface area contributed by atoms with E-state index in [1.54, 1.807) is 4.90 Å². The number of aryl methyl sites for hydroxylation is 2. The Kier molecular flexibility index (Phi) is 4.66. The largest absolute Gasteiger partial charge is 0.329 e. The molecule has 1 aromatic carbocycles. The van der Waals surface area contributed by atoms with Crippen LogP contribution in [0.25, 0.3) is 0 Å². The van der Waals surface area contributed by atoms with Gasteiger partial charge in [0.25, 0.3) is 0 Å². The molecule has 4 heteroatoms. The smallest absolute Gasteiger partial charge is 0.313 e. The first-order chi connectivity index (χ1) is 9.90. The zero-order valence-corrected chi connectivity index (χ0v) is 13.3. The molecule has 1 aromatic rings. The highest BCUT2D eigenvalue weighted by molar-refractivity contribution is 6.39. The van der Waals surface area contributed by atoms with Gasteiger partial charge in [0.15, 0.2) is 0 Å². The Morgan fingerprint density at radius 3 is 2.38 bits per heavy atom. The molecule has 2 amide bonds. The molecular weight excluding hydrogens is 264 g/mol. The number of hydrogen-bond donors (Lipinski definition) is 1. The predicted molar refractivity (Wildman–Crippen MR) is 84.2 cm³/mol. The third-order valence-corrected chi connectivity index (χ3v) is 4.26. The lowest BCUT2D eigenvalue weighted by Crippen LogP contribution is -2.51. The number of hydrogen-bond acceptors (Lipinski definition) is 2. The maximum atomic E-state index is 12.4. The minimum Gasteiger partial charge on any atom is -0.329 e. The Balaban J connectivity index is 2.12. The minimum absolute atomic E-state index is 0.130. The van der Waals surface area contributed by atoms with Crippen LogP contribution >= 0.6 is 0 Å². The van der Waals surface area contributed by atoms with Crippen LogP contribution in [0.3, 0.4) is 0 Å². The van der Waals surface area contributed by atoms with E-state index in [0.29, 0.717) is 5.69 Å². The predicted octanol–water partition coefficient (Wildman–Crippen LogP) is 3.03. The van der Waals surface area contributed by atoms with Crippen molar-refractivity contribution < 1.29 is 9.59 Å². The number of nitrogens with zero attached hydrogens (tertiary/aromatic N) is 1. The van der Waals surface area contributed by atoms with Crippen molar-refractivity contribution in [3.05, 3.63) is 29.3 Å². The number of nitrogens with one attached hydrogen (secondary N) is 1. The molecule has 0 aromatic heterocycles. The van der Waals surface area contributed by atoms with Gasteiger partial charge >= 0.3 is 11.8 Å². The third kappa shape index (κ3) is 3.43. The van der Waals surface area contributed by atoms with Crippen LogP contribution in [0.5, 0.6) is 0 Å². The number of anilines is 1. The van der Waals surface area contributed by atoms with Crippen LogP contribution in [0.15, 0.2) is 18.2 Å². The fourth-order valence-electron chi connectivity index (χ4n) is 2.99. The van der Waals surface area contributed by atoms with Crippen LogP contribution < -0.4 is 5.32 Å². The molecule has 0 radical (unpaired) electrons. The summed E-state index contributed by atoms with van der Waals surface area (Å²) in [6.45, 7) is 7.91. The molecule has 1 aliphatic rings. The van der Waals surface area contributed by atoms with E-state index < -0.39 is 11.8 Å². The Morgan fingerprint density at radius 2 is 1.76 bits per heavy atom. The lowest BCUT2D eigenvalue weighted by atomic mass is 9.97. The topological polar surface area (TPSA) is 49.4 Å². The van der Waals surface area contributed by atoms with Gasteiger partial charge in [-0.15, -0.1) is 0 Å². The highest BCUT2D eigenvalue weighted by Crippen LogP contribution is 2.23. The second-order valence-corrected chi connectivity index (χ2v) is 6.11. The minimum atomic E-state index is -0.538. The van der Waals surface area contributed by atoms with E-state index in [-0.39, 0.29) is 12.1 Å². The molecule has 1 heterocycles. The first kappa shape index (κ1) is 15.5. The van der Waals surface area contributed by atoms with Crippen molar-refractivity contribution in [1.29, 1.82) is 0 Å². The van der Waals surface area contributed by atoms with E-state index in [4.69, 9.17) is 0 Å². The fraction of sp³-hybridized carbons (Fsp3) is 0.529. The number of piperidine rings is 1. The van der Waals surface area contributed by atoms with E-state index in [1.165, 1.54) is 0 Å². The van der Waals surface area contributed by atoms with E-state index in [9.17, 15) is 9.59 Å². The molecule has 114 valence electrons. The lowest BCUT2D eigenvalue weighted by Gasteiger charge is -2.38. The molecule has 21 heavy (non-hydrogen) atoms. The molecular formula is C17H24N2O2. The maximum absolute atomic E-state index is 12.4. The van der Waals surface area contributed by atoms with Gasteiger partial charge in [-0.1, -0.05) is 12.1 Å². The molecule has 0 saturated carbocycles. The molecule has 4 nitrogen and oxygen atoms in total. The summed E-state index contributed by atoms with van der Waals surface area (Å²) in [5.74, 6) is -0.958. The van der Waals surface area contributed by atoms with Crippen LogP contribution in [0.2, 0.25) is 0 Å². The summed E-state index contributed by atoms with van der Waals surface area (Å²) >= 11 is 0. The Morgan fingerprint density at radius 1 is 1.14 bits per heavy atom. The molecule has 2 atom stereocenters. The average Bonchev–Trinajstić information content (AvgIpc) is 2.42. The Labute approximate surface area is 126 Å². The van der Waals surface area contributed by atoms with Crippen LogP contribution in [0.1, 0.15) is 44.2 Å². The van der Waals surface area contributed by atoms with Crippen molar-refractivity contribution in [1.82, 2.24) is 4.90 Å². The molecule has 1 aliphatic heterocycles. The second-order valence-electron chi connectivity index (χ2n) is 6.11. The van der Waals surface area contributed by atoms with Gasteiger partial charge in [-0.25, -0.2) is 0 Å². The number of carbonyl (C=O) groups excluding carboxylic acids is 2. The van der Waals surface area contributed by atoms with Gasteiger partial charge in [0.1, 0.15) is 0 Å². The van der Waals surface area contributed by atoms with Gasteiger partial charge in [-0.2, -0.15) is 0 Å².